The first-order valence-electron chi connectivity index (χ1n) is 7.84. The molecule has 8 nitrogen and oxygen atoms in total. The van der Waals surface area contributed by atoms with Gasteiger partial charge in [-0.2, -0.15) is 0 Å². The van der Waals surface area contributed by atoms with Crippen molar-refractivity contribution in [3.63, 3.8) is 0 Å². The fourth-order valence-corrected chi connectivity index (χ4v) is 2.96. The van der Waals surface area contributed by atoms with Gasteiger partial charge in [-0.3, -0.25) is 14.7 Å². The van der Waals surface area contributed by atoms with Crippen LogP contribution < -0.4 is 16.6 Å². The van der Waals surface area contributed by atoms with Crippen LogP contribution in [0.4, 0.5) is 0 Å². The molecular formula is C16H18ClN5O3. The number of aromatic nitrogens is 3. The van der Waals surface area contributed by atoms with Crippen LogP contribution in [0.15, 0.2) is 44.6 Å². The van der Waals surface area contributed by atoms with Crippen molar-refractivity contribution in [2.24, 2.45) is 0 Å². The number of piperazine rings is 1. The lowest BCUT2D eigenvalue weighted by Crippen LogP contribution is -2.42. The summed E-state index contributed by atoms with van der Waals surface area (Å²) in [5, 5.41) is 8.07. The van der Waals surface area contributed by atoms with Crippen molar-refractivity contribution in [1.82, 2.24) is 24.9 Å². The molecule has 0 unspecified atom stereocenters. The predicted molar refractivity (Wildman–Crippen MR) is 95.6 cm³/mol. The highest BCUT2D eigenvalue weighted by molar-refractivity contribution is 5.85. The van der Waals surface area contributed by atoms with Crippen LogP contribution in [0.2, 0.25) is 0 Å². The summed E-state index contributed by atoms with van der Waals surface area (Å²) in [5.74, 6) is 0.383. The van der Waals surface area contributed by atoms with Gasteiger partial charge in [0.1, 0.15) is 0 Å². The molecule has 9 heteroatoms. The fourth-order valence-electron chi connectivity index (χ4n) is 2.96. The molecule has 4 rings (SSSR count). The number of benzene rings is 1. The van der Waals surface area contributed by atoms with E-state index in [2.05, 4.69) is 20.4 Å². The van der Waals surface area contributed by atoms with Crippen LogP contribution in [0.3, 0.4) is 0 Å². The zero-order valence-corrected chi connectivity index (χ0v) is 14.2. The summed E-state index contributed by atoms with van der Waals surface area (Å²) in [6.07, 6.45) is 1.40. The molecule has 0 amide bonds. The highest BCUT2D eigenvalue weighted by Gasteiger charge is 2.14. The van der Waals surface area contributed by atoms with Crippen molar-refractivity contribution < 1.29 is 4.52 Å². The second-order valence-corrected chi connectivity index (χ2v) is 5.84. The highest BCUT2D eigenvalue weighted by Crippen LogP contribution is 2.22. The molecule has 2 aromatic heterocycles. The number of halogens is 1. The molecule has 25 heavy (non-hydrogen) atoms. The predicted octanol–water partition coefficient (Wildman–Crippen LogP) is 0.494. The van der Waals surface area contributed by atoms with Gasteiger partial charge < -0.3 is 9.84 Å². The van der Waals surface area contributed by atoms with E-state index in [9.17, 15) is 9.59 Å². The van der Waals surface area contributed by atoms with E-state index in [0.29, 0.717) is 11.4 Å². The lowest BCUT2D eigenvalue weighted by atomic mass is 10.1. The van der Waals surface area contributed by atoms with E-state index in [1.807, 2.05) is 18.2 Å². The van der Waals surface area contributed by atoms with Crippen LogP contribution in [-0.2, 0) is 6.54 Å². The molecule has 1 fully saturated rings. The second kappa shape index (κ2) is 7.22. The molecule has 0 atom stereocenters. The summed E-state index contributed by atoms with van der Waals surface area (Å²) in [4.78, 5) is 27.8. The third-order valence-corrected chi connectivity index (χ3v) is 4.18. The number of H-pyrrole nitrogens is 1. The van der Waals surface area contributed by atoms with Crippen LogP contribution in [0, 0.1) is 0 Å². The maximum absolute atomic E-state index is 12.0. The molecule has 0 aliphatic carbocycles. The maximum Gasteiger partial charge on any atom is 0.334 e. The van der Waals surface area contributed by atoms with Crippen molar-refractivity contribution in [2.75, 3.05) is 26.2 Å². The fraction of sp³-hybridized carbons (Fsp3) is 0.312. The number of aromatic amines is 1. The normalized spacial score (nSPS) is 15.2. The van der Waals surface area contributed by atoms with E-state index in [0.717, 1.165) is 43.7 Å². The molecule has 2 N–H and O–H groups in total. The molecule has 1 saturated heterocycles. The van der Waals surface area contributed by atoms with Gasteiger partial charge in [-0.1, -0.05) is 11.2 Å². The Kier molecular flexibility index (Phi) is 5.03. The van der Waals surface area contributed by atoms with E-state index < -0.39 is 11.2 Å². The lowest BCUT2D eigenvalue weighted by Gasteiger charge is -2.27. The average molecular weight is 364 g/mol. The monoisotopic (exact) mass is 363 g/mol. The Bertz CT molecular complexity index is 987. The minimum atomic E-state index is -0.537. The third-order valence-electron chi connectivity index (χ3n) is 4.18. The smallest absolute Gasteiger partial charge is 0.334 e. The van der Waals surface area contributed by atoms with Gasteiger partial charge in [0, 0.05) is 45.0 Å². The summed E-state index contributed by atoms with van der Waals surface area (Å²) in [6, 6.07) is 7.14. The van der Waals surface area contributed by atoms with Gasteiger partial charge in [-0.25, -0.2) is 9.36 Å². The zero-order chi connectivity index (χ0) is 16.5. The van der Waals surface area contributed by atoms with Gasteiger partial charge >= 0.3 is 5.69 Å². The standard InChI is InChI=1S/C16H17N5O3.ClH/c22-14-3-6-21(16(23)18-14)15-12-9-11(1-2-13(12)24-19-15)10-20-7-4-17-5-8-20;/h1-3,6,9,17H,4-5,7-8,10H2,(H,18,22,23);1H. The van der Waals surface area contributed by atoms with Crippen molar-refractivity contribution in [3.05, 3.63) is 56.9 Å². The molecule has 0 bridgehead atoms. The van der Waals surface area contributed by atoms with Crippen LogP contribution in [0.25, 0.3) is 16.8 Å². The quantitative estimate of drug-likeness (QED) is 0.703. The van der Waals surface area contributed by atoms with E-state index >= 15 is 0 Å². The Hall–Kier alpha value is -2.42. The Morgan fingerprint density at radius 2 is 1.96 bits per heavy atom. The number of rotatable bonds is 3. The van der Waals surface area contributed by atoms with Crippen LogP contribution in [-0.4, -0.2) is 45.8 Å². The van der Waals surface area contributed by atoms with Crippen LogP contribution >= 0.6 is 12.4 Å². The van der Waals surface area contributed by atoms with Crippen LogP contribution in [0.5, 0.6) is 0 Å². The summed E-state index contributed by atoms with van der Waals surface area (Å²) < 4.78 is 6.59. The number of nitrogens with zero attached hydrogens (tertiary/aromatic N) is 3. The molecule has 3 aromatic rings. The minimum Gasteiger partial charge on any atom is -0.354 e. The summed E-state index contributed by atoms with van der Waals surface area (Å²) in [5.41, 5.74) is 0.757. The summed E-state index contributed by atoms with van der Waals surface area (Å²) in [7, 11) is 0. The zero-order valence-electron chi connectivity index (χ0n) is 13.4. The largest absolute Gasteiger partial charge is 0.354 e. The topological polar surface area (TPSA) is 96.2 Å². The van der Waals surface area contributed by atoms with Crippen molar-refractivity contribution >= 4 is 23.4 Å². The van der Waals surface area contributed by atoms with E-state index in [1.54, 1.807) is 0 Å². The van der Waals surface area contributed by atoms with Crippen molar-refractivity contribution in [2.45, 2.75) is 6.54 Å². The second-order valence-electron chi connectivity index (χ2n) is 5.84. The molecule has 0 radical (unpaired) electrons. The van der Waals surface area contributed by atoms with Crippen molar-refractivity contribution in [3.8, 4) is 5.82 Å². The Morgan fingerprint density at radius 3 is 2.72 bits per heavy atom. The first-order valence-corrected chi connectivity index (χ1v) is 7.84. The molecule has 3 heterocycles. The van der Waals surface area contributed by atoms with Gasteiger partial charge in [0.05, 0.1) is 5.39 Å². The molecule has 0 spiro atoms. The lowest BCUT2D eigenvalue weighted by molar-refractivity contribution is 0.233. The third kappa shape index (κ3) is 3.51. The number of hydrogen-bond donors (Lipinski definition) is 2. The van der Waals surface area contributed by atoms with Gasteiger partial charge in [-0.15, -0.1) is 12.4 Å². The van der Waals surface area contributed by atoms with E-state index in [4.69, 9.17) is 4.52 Å². The van der Waals surface area contributed by atoms with Crippen molar-refractivity contribution in [1.29, 1.82) is 0 Å². The Morgan fingerprint density at radius 1 is 1.16 bits per heavy atom. The number of nitrogens with one attached hydrogen (secondary N) is 2. The molecule has 0 saturated carbocycles. The van der Waals surface area contributed by atoms with Gasteiger partial charge in [0.2, 0.25) is 0 Å². The first kappa shape index (κ1) is 17.4. The molecule has 1 aliphatic heterocycles. The SMILES string of the molecule is Cl.O=c1ccn(-c2noc3ccc(CN4CCNCC4)cc23)c(=O)[nH]1. The Labute approximate surface area is 148 Å². The molecule has 1 aromatic carbocycles. The average Bonchev–Trinajstić information content (AvgIpc) is 2.99. The van der Waals surface area contributed by atoms with Crippen LogP contribution in [0.1, 0.15) is 5.56 Å². The van der Waals surface area contributed by atoms with Gasteiger partial charge in [0.25, 0.3) is 5.56 Å². The van der Waals surface area contributed by atoms with E-state index in [1.165, 1.54) is 16.8 Å². The summed E-state index contributed by atoms with van der Waals surface area (Å²) in [6.45, 7) is 4.84. The highest BCUT2D eigenvalue weighted by atomic mass is 35.5. The molecular weight excluding hydrogens is 346 g/mol. The summed E-state index contributed by atoms with van der Waals surface area (Å²) >= 11 is 0. The number of hydrogen-bond acceptors (Lipinski definition) is 6. The van der Waals surface area contributed by atoms with E-state index in [-0.39, 0.29) is 12.4 Å². The van der Waals surface area contributed by atoms with Gasteiger partial charge in [-0.05, 0) is 17.7 Å². The minimum absolute atomic E-state index is 0. The molecule has 1 aliphatic rings. The maximum atomic E-state index is 12.0. The number of fused-ring (bicyclic) bond motifs is 1. The van der Waals surface area contributed by atoms with Gasteiger partial charge in [0.15, 0.2) is 11.4 Å². The Balaban J connectivity index is 0.00000182. The first-order chi connectivity index (χ1) is 11.7. The molecule has 132 valence electrons.